The van der Waals surface area contributed by atoms with Crippen LogP contribution in [0, 0.1) is 0 Å². The molecule has 1 aromatic carbocycles. The topological polar surface area (TPSA) is 55.4 Å². The van der Waals surface area contributed by atoms with Gasteiger partial charge in [-0.2, -0.15) is 0 Å². The van der Waals surface area contributed by atoms with Crippen LogP contribution in [-0.4, -0.2) is 24.3 Å². The van der Waals surface area contributed by atoms with Gasteiger partial charge in [0, 0.05) is 12.3 Å². The fraction of sp³-hybridized carbons (Fsp3) is 0.368. The molecule has 0 atom stereocenters. The minimum Gasteiger partial charge on any atom is -0.497 e. The molecule has 0 aliphatic heterocycles. The van der Waals surface area contributed by atoms with E-state index in [4.69, 9.17) is 21.7 Å². The van der Waals surface area contributed by atoms with Crippen molar-refractivity contribution < 1.29 is 9.47 Å². The summed E-state index contributed by atoms with van der Waals surface area (Å²) < 4.78 is 10.7. The number of anilines is 1. The molecule has 0 radical (unpaired) electrons. The van der Waals surface area contributed by atoms with Crippen LogP contribution in [0.1, 0.15) is 31.4 Å². The first-order valence-electron chi connectivity index (χ1n) is 8.39. The van der Waals surface area contributed by atoms with Gasteiger partial charge in [-0.25, -0.2) is 0 Å². The highest BCUT2D eigenvalue weighted by atomic mass is 32.1. The van der Waals surface area contributed by atoms with Crippen LogP contribution < -0.4 is 20.1 Å². The first kappa shape index (κ1) is 17.5. The van der Waals surface area contributed by atoms with Gasteiger partial charge in [-0.05, 0) is 49.3 Å². The monoisotopic (exact) mass is 357 g/mol. The lowest BCUT2D eigenvalue weighted by Crippen LogP contribution is -2.46. The largest absolute Gasteiger partial charge is 0.497 e. The second-order valence-electron chi connectivity index (χ2n) is 6.15. The van der Waals surface area contributed by atoms with E-state index in [1.807, 2.05) is 36.5 Å². The van der Waals surface area contributed by atoms with E-state index in [1.54, 1.807) is 14.2 Å². The van der Waals surface area contributed by atoms with E-state index in [0.717, 1.165) is 42.8 Å². The lowest BCUT2D eigenvalue weighted by atomic mass is 9.93. The molecule has 1 aliphatic rings. The highest BCUT2D eigenvalue weighted by Crippen LogP contribution is 2.38. The Labute approximate surface area is 153 Å². The molecule has 1 heterocycles. The third kappa shape index (κ3) is 3.85. The molecule has 1 fully saturated rings. The van der Waals surface area contributed by atoms with Crippen LogP contribution in [0.4, 0.5) is 5.69 Å². The zero-order valence-corrected chi connectivity index (χ0v) is 15.4. The molecular formula is C19H23N3O2S. The quantitative estimate of drug-likeness (QED) is 0.793. The summed E-state index contributed by atoms with van der Waals surface area (Å²) in [6.45, 7) is 0. The third-order valence-electron chi connectivity index (χ3n) is 4.62. The van der Waals surface area contributed by atoms with Crippen molar-refractivity contribution in [3.8, 4) is 11.5 Å². The standard InChI is InChI=1S/C19H23N3O2S/c1-23-14-8-9-15(16(13-14)24-2)21-18(25)22-19(10-4-5-11-19)17-7-3-6-12-20-17/h3,6-9,12-13H,4-5,10-11H2,1-2H3,(H2,21,22,25). The summed E-state index contributed by atoms with van der Waals surface area (Å²) in [6.07, 6.45) is 6.20. The van der Waals surface area contributed by atoms with E-state index >= 15 is 0 Å². The summed E-state index contributed by atoms with van der Waals surface area (Å²) in [5.41, 5.74) is 1.64. The van der Waals surface area contributed by atoms with Crippen molar-refractivity contribution in [1.82, 2.24) is 10.3 Å². The van der Waals surface area contributed by atoms with Gasteiger partial charge in [0.1, 0.15) is 11.5 Å². The molecule has 132 valence electrons. The van der Waals surface area contributed by atoms with Crippen molar-refractivity contribution in [3.63, 3.8) is 0 Å². The number of methoxy groups -OCH3 is 2. The Morgan fingerprint density at radius 1 is 1.12 bits per heavy atom. The molecule has 0 unspecified atom stereocenters. The third-order valence-corrected chi connectivity index (χ3v) is 4.83. The SMILES string of the molecule is COc1ccc(NC(=S)NC2(c3ccccn3)CCCC2)c(OC)c1. The minimum absolute atomic E-state index is 0.203. The molecular weight excluding hydrogens is 334 g/mol. The maximum absolute atomic E-state index is 5.58. The molecule has 0 saturated heterocycles. The van der Waals surface area contributed by atoms with Crippen molar-refractivity contribution in [2.24, 2.45) is 0 Å². The molecule has 0 amide bonds. The van der Waals surface area contributed by atoms with Gasteiger partial charge < -0.3 is 20.1 Å². The molecule has 1 aromatic heterocycles. The number of aromatic nitrogens is 1. The number of nitrogens with one attached hydrogen (secondary N) is 2. The van der Waals surface area contributed by atoms with Crippen LogP contribution >= 0.6 is 12.2 Å². The summed E-state index contributed by atoms with van der Waals surface area (Å²) in [6, 6.07) is 11.6. The maximum atomic E-state index is 5.58. The van der Waals surface area contributed by atoms with Gasteiger partial charge in [-0.15, -0.1) is 0 Å². The highest BCUT2D eigenvalue weighted by molar-refractivity contribution is 7.80. The number of pyridine rings is 1. The second kappa shape index (κ2) is 7.70. The molecule has 2 aromatic rings. The van der Waals surface area contributed by atoms with E-state index in [1.165, 1.54) is 0 Å². The number of hydrogen-bond donors (Lipinski definition) is 2. The zero-order valence-electron chi connectivity index (χ0n) is 14.5. The number of hydrogen-bond acceptors (Lipinski definition) is 4. The fourth-order valence-corrected chi connectivity index (χ4v) is 3.65. The van der Waals surface area contributed by atoms with Gasteiger partial charge in [-0.3, -0.25) is 4.98 Å². The predicted molar refractivity (Wildman–Crippen MR) is 103 cm³/mol. The zero-order chi connectivity index (χ0) is 17.7. The van der Waals surface area contributed by atoms with E-state index < -0.39 is 0 Å². The molecule has 3 rings (SSSR count). The molecule has 5 nitrogen and oxygen atoms in total. The van der Waals surface area contributed by atoms with E-state index in [9.17, 15) is 0 Å². The van der Waals surface area contributed by atoms with Crippen LogP contribution in [0.2, 0.25) is 0 Å². The van der Waals surface area contributed by atoms with Crippen LogP contribution in [0.3, 0.4) is 0 Å². The van der Waals surface area contributed by atoms with Crippen molar-refractivity contribution in [2.75, 3.05) is 19.5 Å². The smallest absolute Gasteiger partial charge is 0.171 e. The molecule has 0 spiro atoms. The number of rotatable bonds is 5. The Morgan fingerprint density at radius 3 is 2.56 bits per heavy atom. The normalized spacial score (nSPS) is 15.4. The number of nitrogens with zero attached hydrogens (tertiary/aromatic N) is 1. The van der Waals surface area contributed by atoms with E-state index in [-0.39, 0.29) is 5.54 Å². The fourth-order valence-electron chi connectivity index (χ4n) is 3.34. The number of ether oxygens (including phenoxy) is 2. The van der Waals surface area contributed by atoms with Gasteiger partial charge in [-0.1, -0.05) is 18.9 Å². The first-order valence-corrected chi connectivity index (χ1v) is 8.80. The Bertz CT molecular complexity index is 731. The molecule has 1 saturated carbocycles. The van der Waals surface area contributed by atoms with E-state index in [2.05, 4.69) is 21.7 Å². The van der Waals surface area contributed by atoms with Crippen molar-refractivity contribution in [3.05, 3.63) is 48.3 Å². The van der Waals surface area contributed by atoms with Crippen LogP contribution in [0.5, 0.6) is 11.5 Å². The minimum atomic E-state index is -0.203. The number of thiocarbonyl (C=S) groups is 1. The molecule has 25 heavy (non-hydrogen) atoms. The first-order chi connectivity index (χ1) is 12.2. The Balaban J connectivity index is 1.77. The second-order valence-corrected chi connectivity index (χ2v) is 6.56. The Morgan fingerprint density at radius 2 is 1.92 bits per heavy atom. The van der Waals surface area contributed by atoms with Crippen LogP contribution in [-0.2, 0) is 5.54 Å². The van der Waals surface area contributed by atoms with Crippen molar-refractivity contribution in [1.29, 1.82) is 0 Å². The van der Waals surface area contributed by atoms with Gasteiger partial charge in [0.15, 0.2) is 5.11 Å². The van der Waals surface area contributed by atoms with Crippen LogP contribution in [0.25, 0.3) is 0 Å². The summed E-state index contributed by atoms with van der Waals surface area (Å²) >= 11 is 5.58. The van der Waals surface area contributed by atoms with Gasteiger partial charge >= 0.3 is 0 Å². The highest BCUT2D eigenvalue weighted by Gasteiger charge is 2.37. The summed E-state index contributed by atoms with van der Waals surface area (Å²) in [4.78, 5) is 4.56. The Kier molecular flexibility index (Phi) is 5.38. The lowest BCUT2D eigenvalue weighted by molar-refractivity contribution is 0.393. The molecule has 0 bridgehead atoms. The van der Waals surface area contributed by atoms with Gasteiger partial charge in [0.05, 0.1) is 31.1 Å². The predicted octanol–water partition coefficient (Wildman–Crippen LogP) is 3.85. The summed E-state index contributed by atoms with van der Waals surface area (Å²) in [5.74, 6) is 1.42. The van der Waals surface area contributed by atoms with Crippen molar-refractivity contribution >= 4 is 23.0 Å². The van der Waals surface area contributed by atoms with Crippen molar-refractivity contribution in [2.45, 2.75) is 31.2 Å². The molecule has 1 aliphatic carbocycles. The average Bonchev–Trinajstić information content (AvgIpc) is 3.12. The molecule has 6 heteroatoms. The average molecular weight is 357 g/mol. The summed E-state index contributed by atoms with van der Waals surface area (Å²) in [7, 11) is 3.26. The Hall–Kier alpha value is -2.34. The summed E-state index contributed by atoms with van der Waals surface area (Å²) in [5, 5.41) is 7.32. The number of benzene rings is 1. The van der Waals surface area contributed by atoms with E-state index in [0.29, 0.717) is 10.9 Å². The molecule has 2 N–H and O–H groups in total. The maximum Gasteiger partial charge on any atom is 0.171 e. The lowest BCUT2D eigenvalue weighted by Gasteiger charge is -2.31. The van der Waals surface area contributed by atoms with Crippen LogP contribution in [0.15, 0.2) is 42.6 Å². The van der Waals surface area contributed by atoms with Gasteiger partial charge in [0.2, 0.25) is 0 Å². The van der Waals surface area contributed by atoms with Gasteiger partial charge in [0.25, 0.3) is 0 Å².